The molecule has 0 unspecified atom stereocenters. The third kappa shape index (κ3) is 2.23. The van der Waals surface area contributed by atoms with Crippen LogP contribution >= 0.6 is 0 Å². The number of benzene rings is 2. The minimum Gasteiger partial charge on any atom is -0.264 e. The van der Waals surface area contributed by atoms with Crippen LogP contribution in [0.3, 0.4) is 0 Å². The molecule has 3 aromatic rings. The maximum atomic E-state index is 11.0. The second-order valence-corrected chi connectivity index (χ2v) is 4.52. The summed E-state index contributed by atoms with van der Waals surface area (Å²) in [5, 5.41) is 11.9. The van der Waals surface area contributed by atoms with E-state index in [1.54, 1.807) is 6.20 Å². The topological polar surface area (TPSA) is 56.0 Å². The van der Waals surface area contributed by atoms with Gasteiger partial charge in [0.05, 0.1) is 11.1 Å². The molecule has 3 rings (SSSR count). The molecule has 0 saturated carbocycles. The van der Waals surface area contributed by atoms with Crippen LogP contribution in [0.2, 0.25) is 0 Å². The lowest BCUT2D eigenvalue weighted by atomic mass is 9.97. The maximum Gasteiger partial charge on any atom is 0.231 e. The summed E-state index contributed by atoms with van der Waals surface area (Å²) in [6.07, 6.45) is 1.67. The lowest BCUT2D eigenvalue weighted by molar-refractivity contribution is -0.496. The first-order chi connectivity index (χ1) is 9.75. The highest BCUT2D eigenvalue weighted by molar-refractivity contribution is 5.88. The molecule has 0 amide bonds. The fourth-order valence-electron chi connectivity index (χ4n) is 2.38. The molecular weight excluding hydrogens is 252 g/mol. The molecule has 0 aliphatic heterocycles. The Labute approximate surface area is 115 Å². The summed E-state index contributed by atoms with van der Waals surface area (Å²) >= 11 is 0. The number of nitrogens with zero attached hydrogens (tertiary/aromatic N) is 2. The van der Waals surface area contributed by atoms with Gasteiger partial charge >= 0.3 is 0 Å². The van der Waals surface area contributed by atoms with Crippen molar-refractivity contribution in [2.24, 2.45) is 0 Å². The highest BCUT2D eigenvalue weighted by Gasteiger charge is 2.14. The maximum absolute atomic E-state index is 11.0. The van der Waals surface area contributed by atoms with E-state index < -0.39 is 0 Å². The van der Waals surface area contributed by atoms with E-state index in [2.05, 4.69) is 4.98 Å². The summed E-state index contributed by atoms with van der Waals surface area (Å²) < 4.78 is 0. The monoisotopic (exact) mass is 264 g/mol. The first kappa shape index (κ1) is 12.3. The van der Waals surface area contributed by atoms with E-state index in [-0.39, 0.29) is 11.5 Å². The van der Waals surface area contributed by atoms with Crippen molar-refractivity contribution in [2.45, 2.75) is 6.54 Å². The first-order valence-corrected chi connectivity index (χ1v) is 6.29. The van der Waals surface area contributed by atoms with Gasteiger partial charge in [-0.25, -0.2) is 0 Å². The van der Waals surface area contributed by atoms with Crippen LogP contribution in [0.4, 0.5) is 0 Å². The van der Waals surface area contributed by atoms with Gasteiger partial charge in [0.15, 0.2) is 0 Å². The zero-order valence-electron chi connectivity index (χ0n) is 10.7. The van der Waals surface area contributed by atoms with Crippen LogP contribution in [0.1, 0.15) is 5.56 Å². The minimum atomic E-state index is -0.310. The number of fused-ring (bicyclic) bond motifs is 1. The van der Waals surface area contributed by atoms with Crippen molar-refractivity contribution in [3.05, 3.63) is 76.5 Å². The van der Waals surface area contributed by atoms with E-state index in [0.29, 0.717) is 11.1 Å². The molecule has 0 N–H and O–H groups in total. The van der Waals surface area contributed by atoms with E-state index in [1.807, 2.05) is 54.6 Å². The Morgan fingerprint density at radius 2 is 1.80 bits per heavy atom. The van der Waals surface area contributed by atoms with Crippen molar-refractivity contribution < 1.29 is 4.92 Å². The molecule has 1 aromatic heterocycles. The highest BCUT2D eigenvalue weighted by atomic mass is 16.6. The lowest BCUT2D eigenvalue weighted by Gasteiger charge is -2.09. The second kappa shape index (κ2) is 5.09. The third-order valence-corrected chi connectivity index (χ3v) is 3.25. The van der Waals surface area contributed by atoms with Gasteiger partial charge in [-0.1, -0.05) is 48.5 Å². The molecule has 0 aliphatic rings. The molecule has 20 heavy (non-hydrogen) atoms. The second-order valence-electron chi connectivity index (χ2n) is 4.52. The molecule has 0 fully saturated rings. The zero-order chi connectivity index (χ0) is 13.9. The summed E-state index contributed by atoms with van der Waals surface area (Å²) in [6, 6.07) is 17.3. The number of hydrogen-bond donors (Lipinski definition) is 0. The third-order valence-electron chi connectivity index (χ3n) is 3.25. The fourth-order valence-corrected chi connectivity index (χ4v) is 2.38. The average molecular weight is 264 g/mol. The molecule has 0 radical (unpaired) electrons. The summed E-state index contributed by atoms with van der Waals surface area (Å²) in [6.45, 7) is -0.224. The Bertz CT molecular complexity index is 770. The zero-order valence-corrected chi connectivity index (χ0v) is 10.7. The van der Waals surface area contributed by atoms with Crippen molar-refractivity contribution in [1.29, 1.82) is 0 Å². The van der Waals surface area contributed by atoms with Gasteiger partial charge in [-0.15, -0.1) is 0 Å². The fraction of sp³-hybridized carbons (Fsp3) is 0.0625. The number of aromatic nitrogens is 1. The highest BCUT2D eigenvalue weighted by Crippen LogP contribution is 2.29. The quantitative estimate of drug-likeness (QED) is 0.535. The molecule has 1 heterocycles. The summed E-state index contributed by atoms with van der Waals surface area (Å²) in [7, 11) is 0. The number of pyridine rings is 1. The largest absolute Gasteiger partial charge is 0.264 e. The summed E-state index contributed by atoms with van der Waals surface area (Å²) in [5.74, 6) is 0. The van der Waals surface area contributed by atoms with Crippen LogP contribution in [0, 0.1) is 10.1 Å². The van der Waals surface area contributed by atoms with Gasteiger partial charge in [0.25, 0.3) is 0 Å². The van der Waals surface area contributed by atoms with Gasteiger partial charge < -0.3 is 0 Å². The van der Waals surface area contributed by atoms with Gasteiger partial charge in [-0.3, -0.25) is 15.1 Å². The van der Waals surface area contributed by atoms with Gasteiger partial charge in [-0.2, -0.15) is 0 Å². The van der Waals surface area contributed by atoms with E-state index in [4.69, 9.17) is 0 Å². The van der Waals surface area contributed by atoms with Crippen LogP contribution in [-0.4, -0.2) is 9.91 Å². The van der Waals surface area contributed by atoms with Gasteiger partial charge in [0, 0.05) is 16.5 Å². The van der Waals surface area contributed by atoms with Gasteiger partial charge in [-0.05, 0) is 17.2 Å². The summed E-state index contributed by atoms with van der Waals surface area (Å²) in [4.78, 5) is 15.0. The van der Waals surface area contributed by atoms with Crippen LogP contribution in [0.25, 0.3) is 22.0 Å². The van der Waals surface area contributed by atoms with E-state index in [9.17, 15) is 10.1 Å². The summed E-state index contributed by atoms with van der Waals surface area (Å²) in [5.41, 5.74) is 3.20. The molecule has 4 nitrogen and oxygen atoms in total. The molecule has 0 saturated heterocycles. The Hall–Kier alpha value is -2.75. The number of nitro groups is 1. The van der Waals surface area contributed by atoms with Crippen molar-refractivity contribution >= 4 is 10.9 Å². The Balaban J connectivity index is 2.28. The van der Waals surface area contributed by atoms with Gasteiger partial charge in [0.2, 0.25) is 6.54 Å². The lowest BCUT2D eigenvalue weighted by Crippen LogP contribution is -2.02. The Morgan fingerprint density at radius 1 is 1.00 bits per heavy atom. The first-order valence-electron chi connectivity index (χ1n) is 6.29. The van der Waals surface area contributed by atoms with Crippen molar-refractivity contribution in [2.75, 3.05) is 0 Å². The standard InChI is InChI=1S/C16H12N2O2/c19-18(20)11-15-14(12-5-2-1-3-6-12)9-8-13-7-4-10-17-16(13)15/h1-10H,11H2. The van der Waals surface area contributed by atoms with E-state index in [1.165, 1.54) is 0 Å². The molecular formula is C16H12N2O2. The van der Waals surface area contributed by atoms with Crippen molar-refractivity contribution in [3.8, 4) is 11.1 Å². The normalized spacial score (nSPS) is 10.6. The van der Waals surface area contributed by atoms with Crippen molar-refractivity contribution in [1.82, 2.24) is 4.98 Å². The van der Waals surface area contributed by atoms with Crippen LogP contribution in [0.15, 0.2) is 60.8 Å². The Kier molecular flexibility index (Phi) is 3.13. The minimum absolute atomic E-state index is 0.224. The van der Waals surface area contributed by atoms with E-state index in [0.717, 1.165) is 16.5 Å². The SMILES string of the molecule is O=[N+]([O-])Cc1c(-c2ccccc2)ccc2cccnc12. The molecule has 98 valence electrons. The molecule has 0 atom stereocenters. The predicted octanol–water partition coefficient (Wildman–Crippen LogP) is 3.68. The van der Waals surface area contributed by atoms with Crippen LogP contribution in [-0.2, 0) is 6.54 Å². The van der Waals surface area contributed by atoms with Crippen LogP contribution in [0.5, 0.6) is 0 Å². The van der Waals surface area contributed by atoms with Crippen LogP contribution < -0.4 is 0 Å². The van der Waals surface area contributed by atoms with E-state index >= 15 is 0 Å². The molecule has 0 bridgehead atoms. The number of hydrogen-bond acceptors (Lipinski definition) is 3. The molecule has 0 spiro atoms. The molecule has 4 heteroatoms. The van der Waals surface area contributed by atoms with Gasteiger partial charge in [0.1, 0.15) is 0 Å². The Morgan fingerprint density at radius 3 is 2.55 bits per heavy atom. The number of rotatable bonds is 3. The molecule has 2 aromatic carbocycles. The van der Waals surface area contributed by atoms with Crippen molar-refractivity contribution in [3.63, 3.8) is 0 Å². The molecule has 0 aliphatic carbocycles. The average Bonchev–Trinajstić information content (AvgIpc) is 2.48. The smallest absolute Gasteiger partial charge is 0.231 e. The predicted molar refractivity (Wildman–Crippen MR) is 77.9 cm³/mol.